The first kappa shape index (κ1) is 15.7. The van der Waals surface area contributed by atoms with E-state index in [1.807, 2.05) is 31.2 Å². The Labute approximate surface area is 134 Å². The van der Waals surface area contributed by atoms with E-state index >= 15 is 0 Å². The third-order valence-electron chi connectivity index (χ3n) is 4.24. The van der Waals surface area contributed by atoms with Crippen molar-refractivity contribution in [3.05, 3.63) is 53.7 Å². The highest BCUT2D eigenvalue weighted by atomic mass is 16.5. The highest BCUT2D eigenvalue weighted by molar-refractivity contribution is 5.91. The zero-order chi connectivity index (χ0) is 16.3. The number of aliphatic hydroxyl groups is 1. The fourth-order valence-electron chi connectivity index (χ4n) is 2.91. The van der Waals surface area contributed by atoms with E-state index in [1.165, 1.54) is 12.6 Å². The number of aliphatic hydroxyl groups excluding tert-OH is 1. The SMILES string of the molecule is Cc1ccccc1C[C@@]1(CO)CN(C(=O)c2cnco2)CCO1. The van der Waals surface area contributed by atoms with Crippen LogP contribution < -0.4 is 0 Å². The quantitative estimate of drug-likeness (QED) is 0.923. The molecule has 2 aromatic rings. The molecule has 0 radical (unpaired) electrons. The molecule has 0 spiro atoms. The van der Waals surface area contributed by atoms with Gasteiger partial charge in [0.25, 0.3) is 5.91 Å². The zero-order valence-electron chi connectivity index (χ0n) is 13.1. The molecule has 3 rings (SSSR count). The Hall–Kier alpha value is -2.18. The predicted octanol–water partition coefficient (Wildman–Crippen LogP) is 1.43. The summed E-state index contributed by atoms with van der Waals surface area (Å²) in [5, 5.41) is 9.93. The number of carbonyl (C=O) groups is 1. The first-order valence-corrected chi connectivity index (χ1v) is 7.61. The number of morpholine rings is 1. The molecule has 0 saturated carbocycles. The zero-order valence-corrected chi connectivity index (χ0v) is 13.1. The van der Waals surface area contributed by atoms with Crippen LogP contribution in [0.2, 0.25) is 0 Å². The van der Waals surface area contributed by atoms with E-state index < -0.39 is 5.60 Å². The fourth-order valence-corrected chi connectivity index (χ4v) is 2.91. The Bertz CT molecular complexity index is 671. The number of hydrogen-bond donors (Lipinski definition) is 1. The van der Waals surface area contributed by atoms with Gasteiger partial charge in [0.1, 0.15) is 5.60 Å². The van der Waals surface area contributed by atoms with Crippen molar-refractivity contribution in [2.24, 2.45) is 0 Å². The predicted molar refractivity (Wildman–Crippen MR) is 83.1 cm³/mol. The van der Waals surface area contributed by atoms with Gasteiger partial charge in [-0.25, -0.2) is 4.98 Å². The van der Waals surface area contributed by atoms with E-state index in [4.69, 9.17) is 9.15 Å². The molecule has 1 aliphatic heterocycles. The molecule has 2 heterocycles. The van der Waals surface area contributed by atoms with Crippen LogP contribution in [-0.2, 0) is 11.2 Å². The molecule has 23 heavy (non-hydrogen) atoms. The van der Waals surface area contributed by atoms with Crippen LogP contribution in [0.25, 0.3) is 0 Å². The summed E-state index contributed by atoms with van der Waals surface area (Å²) in [6, 6.07) is 7.99. The largest absolute Gasteiger partial charge is 0.438 e. The van der Waals surface area contributed by atoms with Crippen molar-refractivity contribution in [3.8, 4) is 0 Å². The molecular formula is C17H20N2O4. The van der Waals surface area contributed by atoms with E-state index in [9.17, 15) is 9.90 Å². The molecule has 1 aliphatic rings. The monoisotopic (exact) mass is 316 g/mol. The van der Waals surface area contributed by atoms with Gasteiger partial charge in [-0.05, 0) is 18.1 Å². The Balaban J connectivity index is 1.79. The van der Waals surface area contributed by atoms with Gasteiger partial charge >= 0.3 is 0 Å². The summed E-state index contributed by atoms with van der Waals surface area (Å²) in [7, 11) is 0. The summed E-state index contributed by atoms with van der Waals surface area (Å²) in [6.45, 7) is 3.04. The van der Waals surface area contributed by atoms with Gasteiger partial charge in [-0.15, -0.1) is 0 Å². The maximum atomic E-state index is 12.4. The van der Waals surface area contributed by atoms with Crippen molar-refractivity contribution in [3.63, 3.8) is 0 Å². The van der Waals surface area contributed by atoms with Crippen molar-refractivity contribution < 1.29 is 19.1 Å². The van der Waals surface area contributed by atoms with Crippen LogP contribution in [0, 0.1) is 6.92 Å². The van der Waals surface area contributed by atoms with Gasteiger partial charge < -0.3 is 19.2 Å². The second-order valence-corrected chi connectivity index (χ2v) is 5.89. The Kier molecular flexibility index (Phi) is 4.45. The number of benzene rings is 1. The lowest BCUT2D eigenvalue weighted by molar-refractivity contribution is -0.124. The lowest BCUT2D eigenvalue weighted by atomic mass is 9.91. The first-order chi connectivity index (χ1) is 11.1. The van der Waals surface area contributed by atoms with Crippen LogP contribution >= 0.6 is 0 Å². The molecule has 122 valence electrons. The maximum Gasteiger partial charge on any atom is 0.291 e. The number of nitrogens with zero attached hydrogens (tertiary/aromatic N) is 2. The average molecular weight is 316 g/mol. The van der Waals surface area contributed by atoms with E-state index in [0.717, 1.165) is 11.1 Å². The second kappa shape index (κ2) is 6.52. The third kappa shape index (κ3) is 3.28. The molecule has 0 aliphatic carbocycles. The molecule has 0 bridgehead atoms. The van der Waals surface area contributed by atoms with Crippen molar-refractivity contribution in [2.45, 2.75) is 18.9 Å². The number of aryl methyl sites for hydroxylation is 1. The summed E-state index contributed by atoms with van der Waals surface area (Å²) >= 11 is 0. The highest BCUT2D eigenvalue weighted by Gasteiger charge is 2.39. The minimum absolute atomic E-state index is 0.151. The Morgan fingerprint density at radius 2 is 2.26 bits per heavy atom. The molecule has 1 aromatic heterocycles. The first-order valence-electron chi connectivity index (χ1n) is 7.61. The molecule has 6 heteroatoms. The highest BCUT2D eigenvalue weighted by Crippen LogP contribution is 2.25. The van der Waals surface area contributed by atoms with Gasteiger partial charge in [0.05, 0.1) is 26.0 Å². The number of carbonyl (C=O) groups excluding carboxylic acids is 1. The van der Waals surface area contributed by atoms with Crippen molar-refractivity contribution in [1.82, 2.24) is 9.88 Å². The van der Waals surface area contributed by atoms with Crippen molar-refractivity contribution in [1.29, 1.82) is 0 Å². The van der Waals surface area contributed by atoms with Gasteiger partial charge in [-0.2, -0.15) is 0 Å². The van der Waals surface area contributed by atoms with Gasteiger partial charge in [-0.1, -0.05) is 24.3 Å². The molecule has 1 aromatic carbocycles. The van der Waals surface area contributed by atoms with Gasteiger partial charge in [0.15, 0.2) is 6.39 Å². The maximum absolute atomic E-state index is 12.4. The molecule has 6 nitrogen and oxygen atoms in total. The van der Waals surface area contributed by atoms with Gasteiger partial charge in [0, 0.05) is 13.0 Å². The van der Waals surface area contributed by atoms with Crippen LogP contribution in [0.1, 0.15) is 21.7 Å². The molecule has 1 amide bonds. The number of rotatable bonds is 4. The lowest BCUT2D eigenvalue weighted by Gasteiger charge is -2.41. The summed E-state index contributed by atoms with van der Waals surface area (Å²) in [5.41, 5.74) is 1.46. The Morgan fingerprint density at radius 1 is 1.43 bits per heavy atom. The molecule has 0 unspecified atom stereocenters. The second-order valence-electron chi connectivity index (χ2n) is 5.89. The average Bonchev–Trinajstić information content (AvgIpc) is 3.11. The van der Waals surface area contributed by atoms with Crippen LogP contribution in [-0.4, -0.2) is 52.8 Å². The number of amides is 1. The molecule has 1 N–H and O–H groups in total. The third-order valence-corrected chi connectivity index (χ3v) is 4.24. The number of ether oxygens (including phenoxy) is 1. The van der Waals surface area contributed by atoms with Crippen LogP contribution in [0.4, 0.5) is 0 Å². The van der Waals surface area contributed by atoms with Gasteiger partial charge in [0.2, 0.25) is 5.76 Å². The fraction of sp³-hybridized carbons (Fsp3) is 0.412. The van der Waals surface area contributed by atoms with E-state index in [-0.39, 0.29) is 18.3 Å². The lowest BCUT2D eigenvalue weighted by Crippen LogP contribution is -2.56. The number of aromatic nitrogens is 1. The summed E-state index contributed by atoms with van der Waals surface area (Å²) in [5.74, 6) is -0.0250. The van der Waals surface area contributed by atoms with Crippen molar-refractivity contribution >= 4 is 5.91 Å². The minimum Gasteiger partial charge on any atom is -0.438 e. The summed E-state index contributed by atoms with van der Waals surface area (Å²) < 4.78 is 11.0. The summed E-state index contributed by atoms with van der Waals surface area (Å²) in [6.07, 6.45) is 3.19. The van der Waals surface area contributed by atoms with E-state index in [2.05, 4.69) is 4.98 Å². The number of oxazole rings is 1. The van der Waals surface area contributed by atoms with E-state index in [1.54, 1.807) is 4.90 Å². The topological polar surface area (TPSA) is 75.8 Å². The number of hydrogen-bond acceptors (Lipinski definition) is 5. The molecule has 1 saturated heterocycles. The normalized spacial score (nSPS) is 21.4. The van der Waals surface area contributed by atoms with Crippen LogP contribution in [0.3, 0.4) is 0 Å². The Morgan fingerprint density at radius 3 is 2.96 bits per heavy atom. The van der Waals surface area contributed by atoms with Gasteiger partial charge in [-0.3, -0.25) is 4.79 Å². The summed E-state index contributed by atoms with van der Waals surface area (Å²) in [4.78, 5) is 17.9. The standard InChI is InChI=1S/C17H20N2O4/c1-13-4-2-3-5-14(13)8-17(11-20)10-19(6-7-23-17)16(21)15-9-18-12-22-15/h2-5,9,12,20H,6-8,10-11H2,1H3/t17-/m0/s1. The minimum atomic E-state index is -0.792. The molecule has 1 atom stereocenters. The smallest absolute Gasteiger partial charge is 0.291 e. The van der Waals surface area contributed by atoms with Crippen LogP contribution in [0.5, 0.6) is 0 Å². The van der Waals surface area contributed by atoms with E-state index in [0.29, 0.717) is 26.1 Å². The molecule has 1 fully saturated rings. The van der Waals surface area contributed by atoms with Crippen molar-refractivity contribution in [2.75, 3.05) is 26.3 Å². The van der Waals surface area contributed by atoms with Crippen LogP contribution in [0.15, 0.2) is 41.3 Å². The molecular weight excluding hydrogens is 296 g/mol.